The van der Waals surface area contributed by atoms with Crippen molar-refractivity contribution in [2.24, 2.45) is 5.41 Å². The normalized spacial score (nSPS) is 22.3. The summed E-state index contributed by atoms with van der Waals surface area (Å²) in [5.41, 5.74) is 1.61. The maximum absolute atomic E-state index is 14.1. The first-order chi connectivity index (χ1) is 14.0. The summed E-state index contributed by atoms with van der Waals surface area (Å²) in [5, 5.41) is 0. The van der Waals surface area contributed by atoms with Gasteiger partial charge in [-0.2, -0.15) is 0 Å². The van der Waals surface area contributed by atoms with E-state index in [-0.39, 0.29) is 11.3 Å². The van der Waals surface area contributed by atoms with Crippen LogP contribution in [0, 0.1) is 17.0 Å². The number of likely N-dealkylation sites (tertiary alicyclic amines) is 2. The molecular formula is C23H27F2N3O. The highest BCUT2D eigenvalue weighted by Crippen LogP contribution is 2.39. The van der Waals surface area contributed by atoms with Gasteiger partial charge in [-0.05, 0) is 56.0 Å². The molecule has 29 heavy (non-hydrogen) atoms. The number of carbonyl (C=O) groups is 1. The first-order valence-electron chi connectivity index (χ1n) is 10.4. The van der Waals surface area contributed by atoms with Crippen molar-refractivity contribution in [1.29, 1.82) is 0 Å². The average Bonchev–Trinajstić information content (AvgIpc) is 3.13. The molecule has 1 atom stereocenters. The van der Waals surface area contributed by atoms with Crippen LogP contribution in [-0.2, 0) is 17.8 Å². The van der Waals surface area contributed by atoms with Gasteiger partial charge in [-0.15, -0.1) is 0 Å². The summed E-state index contributed by atoms with van der Waals surface area (Å²) in [6.07, 6.45) is 7.84. The number of piperidine rings is 1. The van der Waals surface area contributed by atoms with Crippen LogP contribution in [0.2, 0.25) is 0 Å². The number of nitrogens with zero attached hydrogens (tertiary/aromatic N) is 3. The Kier molecular flexibility index (Phi) is 5.90. The number of aryl methyl sites for hydroxylation is 1. The van der Waals surface area contributed by atoms with Gasteiger partial charge >= 0.3 is 0 Å². The van der Waals surface area contributed by atoms with Crippen LogP contribution >= 0.6 is 0 Å². The minimum atomic E-state index is -0.791. The molecular weight excluding hydrogens is 372 g/mol. The van der Waals surface area contributed by atoms with E-state index >= 15 is 0 Å². The second-order valence-corrected chi connectivity index (χ2v) is 8.45. The molecule has 0 N–H and O–H groups in total. The third-order valence-electron chi connectivity index (χ3n) is 6.33. The van der Waals surface area contributed by atoms with Gasteiger partial charge in [-0.1, -0.05) is 12.1 Å². The first-order valence-corrected chi connectivity index (χ1v) is 10.4. The van der Waals surface area contributed by atoms with Gasteiger partial charge in [0.25, 0.3) is 0 Å². The predicted octanol–water partition coefficient (Wildman–Crippen LogP) is 3.81. The zero-order chi connectivity index (χ0) is 20.3. The third-order valence-corrected chi connectivity index (χ3v) is 6.33. The summed E-state index contributed by atoms with van der Waals surface area (Å²) >= 11 is 0. The number of halogens is 2. The van der Waals surface area contributed by atoms with Crippen molar-refractivity contribution in [2.75, 3.05) is 26.2 Å². The van der Waals surface area contributed by atoms with Crippen LogP contribution in [0.1, 0.15) is 36.8 Å². The molecule has 2 aromatic rings. The fourth-order valence-electron chi connectivity index (χ4n) is 4.80. The lowest BCUT2D eigenvalue weighted by Crippen LogP contribution is -2.45. The molecule has 3 heterocycles. The molecule has 0 radical (unpaired) electrons. The number of rotatable bonds is 5. The zero-order valence-corrected chi connectivity index (χ0v) is 16.6. The molecule has 2 fully saturated rings. The van der Waals surface area contributed by atoms with Crippen molar-refractivity contribution in [3.8, 4) is 0 Å². The van der Waals surface area contributed by atoms with Gasteiger partial charge in [-0.3, -0.25) is 14.7 Å². The SMILES string of the molecule is O=C(CCc1ccncc1)N1CC[C@@]2(CCCN(Cc3cccc(F)c3F)C2)C1. The topological polar surface area (TPSA) is 36.4 Å². The summed E-state index contributed by atoms with van der Waals surface area (Å²) in [5.74, 6) is -1.33. The predicted molar refractivity (Wildman–Crippen MR) is 107 cm³/mol. The Bertz CT molecular complexity index is 860. The van der Waals surface area contributed by atoms with Gasteiger partial charge < -0.3 is 4.90 Å². The number of hydrogen-bond acceptors (Lipinski definition) is 3. The van der Waals surface area contributed by atoms with Gasteiger partial charge in [0.05, 0.1) is 0 Å². The molecule has 0 aliphatic carbocycles. The van der Waals surface area contributed by atoms with E-state index in [2.05, 4.69) is 9.88 Å². The molecule has 1 aromatic carbocycles. The van der Waals surface area contributed by atoms with Crippen molar-refractivity contribution in [2.45, 2.75) is 38.6 Å². The first kappa shape index (κ1) is 20.0. The molecule has 1 spiro atoms. The van der Waals surface area contributed by atoms with Crippen LogP contribution in [0.4, 0.5) is 8.78 Å². The third kappa shape index (κ3) is 4.64. The van der Waals surface area contributed by atoms with E-state index in [0.717, 1.165) is 63.5 Å². The molecule has 2 aliphatic rings. The maximum atomic E-state index is 14.1. The molecule has 154 valence electrons. The molecule has 0 saturated carbocycles. The molecule has 2 saturated heterocycles. The fourth-order valence-corrected chi connectivity index (χ4v) is 4.80. The zero-order valence-electron chi connectivity index (χ0n) is 16.6. The van der Waals surface area contributed by atoms with E-state index in [1.54, 1.807) is 24.5 Å². The van der Waals surface area contributed by atoms with Crippen molar-refractivity contribution in [3.63, 3.8) is 0 Å². The van der Waals surface area contributed by atoms with E-state index in [1.807, 2.05) is 17.0 Å². The standard InChI is InChI=1S/C23H27F2N3O/c24-20-4-1-3-19(22(20)25)15-27-13-2-9-23(16-27)10-14-28(17-23)21(29)6-5-18-7-11-26-12-8-18/h1,3-4,7-8,11-12H,2,5-6,9-10,13-17H2/t23-/m1/s1. The molecule has 0 unspecified atom stereocenters. The molecule has 1 aromatic heterocycles. The Balaban J connectivity index is 1.34. The smallest absolute Gasteiger partial charge is 0.222 e. The Morgan fingerprint density at radius 3 is 2.72 bits per heavy atom. The second kappa shape index (κ2) is 8.57. The van der Waals surface area contributed by atoms with Gasteiger partial charge in [0.2, 0.25) is 5.91 Å². The molecule has 6 heteroatoms. The number of pyridine rings is 1. The summed E-state index contributed by atoms with van der Waals surface area (Å²) in [6, 6.07) is 8.27. The van der Waals surface area contributed by atoms with Gasteiger partial charge in [-0.25, -0.2) is 8.78 Å². The largest absolute Gasteiger partial charge is 0.342 e. The minimum absolute atomic E-state index is 0.0778. The van der Waals surface area contributed by atoms with Crippen molar-refractivity contribution >= 4 is 5.91 Å². The molecule has 0 bridgehead atoms. The van der Waals surface area contributed by atoms with Crippen molar-refractivity contribution in [1.82, 2.24) is 14.8 Å². The summed E-state index contributed by atoms with van der Waals surface area (Å²) in [7, 11) is 0. The van der Waals surface area contributed by atoms with E-state index in [0.29, 0.717) is 18.5 Å². The van der Waals surface area contributed by atoms with E-state index in [9.17, 15) is 13.6 Å². The maximum Gasteiger partial charge on any atom is 0.222 e. The van der Waals surface area contributed by atoms with Crippen LogP contribution in [0.3, 0.4) is 0 Å². The van der Waals surface area contributed by atoms with Crippen LogP contribution in [-0.4, -0.2) is 46.9 Å². The Morgan fingerprint density at radius 1 is 1.07 bits per heavy atom. The number of aromatic nitrogens is 1. The van der Waals surface area contributed by atoms with Crippen molar-refractivity contribution in [3.05, 3.63) is 65.5 Å². The summed E-state index contributed by atoms with van der Waals surface area (Å²) < 4.78 is 27.6. The summed E-state index contributed by atoms with van der Waals surface area (Å²) in [4.78, 5) is 20.9. The molecule has 4 rings (SSSR count). The van der Waals surface area contributed by atoms with Crippen LogP contribution in [0.25, 0.3) is 0 Å². The lowest BCUT2D eigenvalue weighted by molar-refractivity contribution is -0.130. The highest BCUT2D eigenvalue weighted by atomic mass is 19.2. The van der Waals surface area contributed by atoms with E-state index in [1.165, 1.54) is 0 Å². The van der Waals surface area contributed by atoms with Gasteiger partial charge in [0.1, 0.15) is 0 Å². The summed E-state index contributed by atoms with van der Waals surface area (Å²) in [6.45, 7) is 3.69. The number of carbonyl (C=O) groups excluding carboxylic acids is 1. The van der Waals surface area contributed by atoms with Crippen LogP contribution < -0.4 is 0 Å². The monoisotopic (exact) mass is 399 g/mol. The Labute approximate surface area is 170 Å². The molecule has 1 amide bonds. The second-order valence-electron chi connectivity index (χ2n) is 8.45. The lowest BCUT2D eigenvalue weighted by Gasteiger charge is -2.40. The van der Waals surface area contributed by atoms with E-state index in [4.69, 9.17) is 0 Å². The lowest BCUT2D eigenvalue weighted by atomic mass is 9.79. The van der Waals surface area contributed by atoms with Crippen LogP contribution in [0.15, 0.2) is 42.7 Å². The highest BCUT2D eigenvalue weighted by molar-refractivity contribution is 5.76. The quantitative estimate of drug-likeness (QED) is 0.767. The average molecular weight is 399 g/mol. The number of amides is 1. The van der Waals surface area contributed by atoms with Gasteiger partial charge in [0.15, 0.2) is 11.6 Å². The van der Waals surface area contributed by atoms with Gasteiger partial charge in [0, 0.05) is 56.0 Å². The number of hydrogen-bond donors (Lipinski definition) is 0. The minimum Gasteiger partial charge on any atom is -0.342 e. The Morgan fingerprint density at radius 2 is 1.90 bits per heavy atom. The number of benzene rings is 1. The van der Waals surface area contributed by atoms with Crippen LogP contribution in [0.5, 0.6) is 0 Å². The molecule has 2 aliphatic heterocycles. The molecule has 4 nitrogen and oxygen atoms in total. The fraction of sp³-hybridized carbons (Fsp3) is 0.478. The Hall–Kier alpha value is -2.34. The van der Waals surface area contributed by atoms with Crippen molar-refractivity contribution < 1.29 is 13.6 Å². The highest BCUT2D eigenvalue weighted by Gasteiger charge is 2.42. The van der Waals surface area contributed by atoms with E-state index < -0.39 is 11.6 Å².